The molecule has 0 amide bonds. The molecular weight excluding hydrogens is 528 g/mol. The predicted octanol–water partition coefficient (Wildman–Crippen LogP) is 6.92. The van der Waals surface area contributed by atoms with Crippen LogP contribution in [0.4, 0.5) is 0 Å². The summed E-state index contributed by atoms with van der Waals surface area (Å²) in [6.07, 6.45) is 2.25. The van der Waals surface area contributed by atoms with E-state index in [-0.39, 0.29) is 26.4 Å². The van der Waals surface area contributed by atoms with Gasteiger partial charge in [-0.3, -0.25) is 0 Å². The van der Waals surface area contributed by atoms with E-state index < -0.39 is 17.4 Å². The fraction of sp³-hybridized carbons (Fsp3) is 0.167. The molecule has 0 N–H and O–H groups in total. The van der Waals surface area contributed by atoms with Crippen LogP contribution in [0.1, 0.15) is 23.6 Å². The van der Waals surface area contributed by atoms with Crippen molar-refractivity contribution in [2.75, 3.05) is 26.4 Å². The Morgan fingerprint density at radius 3 is 1.36 bits per heavy atom. The summed E-state index contributed by atoms with van der Waals surface area (Å²) >= 11 is 0. The first-order valence-corrected chi connectivity index (χ1v) is 13.6. The standard InChI is InChI=1S/C36H34O6/c1-4-34(37)41-25-23-39-32-19-15-30(16-20-32)36(3,29-13-11-28(12-14-29)27-9-7-6-8-10-27)31-17-21-33(22-18-31)40-24-26-42-35(38)5-2/h4-22H,1-2,23-26H2,3H3. The minimum atomic E-state index is -0.495. The number of benzene rings is 4. The summed E-state index contributed by atoms with van der Waals surface area (Å²) in [5.41, 5.74) is 5.08. The largest absolute Gasteiger partial charge is 0.490 e. The lowest BCUT2D eigenvalue weighted by molar-refractivity contribution is -0.139. The quantitative estimate of drug-likeness (QED) is 0.0719. The SMILES string of the molecule is C=CC(=O)OCCOc1ccc(C(C)(c2ccc(OCCOC(=O)C=C)cc2)c2ccc(-c3ccccc3)cc2)cc1. The van der Waals surface area contributed by atoms with Crippen molar-refractivity contribution in [1.82, 2.24) is 0 Å². The summed E-state index contributed by atoms with van der Waals surface area (Å²) in [7, 11) is 0. The van der Waals surface area contributed by atoms with Gasteiger partial charge in [-0.05, 0) is 59.0 Å². The van der Waals surface area contributed by atoms with Crippen LogP contribution in [0.25, 0.3) is 11.1 Å². The molecule has 0 unspecified atom stereocenters. The normalized spacial score (nSPS) is 10.8. The lowest BCUT2D eigenvalue weighted by atomic mass is 9.71. The monoisotopic (exact) mass is 562 g/mol. The van der Waals surface area contributed by atoms with Crippen LogP contribution in [0.3, 0.4) is 0 Å². The van der Waals surface area contributed by atoms with Gasteiger partial charge in [0.25, 0.3) is 0 Å². The van der Waals surface area contributed by atoms with Crippen LogP contribution >= 0.6 is 0 Å². The number of hydrogen-bond donors (Lipinski definition) is 0. The molecular formula is C36H34O6. The van der Waals surface area contributed by atoms with Gasteiger partial charge in [-0.2, -0.15) is 0 Å². The Kier molecular flexibility index (Phi) is 10.3. The van der Waals surface area contributed by atoms with E-state index >= 15 is 0 Å². The van der Waals surface area contributed by atoms with Crippen LogP contribution in [0.15, 0.2) is 128 Å². The fourth-order valence-corrected chi connectivity index (χ4v) is 4.62. The number of carbonyl (C=O) groups excluding carboxylic acids is 2. The first-order valence-electron chi connectivity index (χ1n) is 13.6. The van der Waals surface area contributed by atoms with Gasteiger partial charge in [0.2, 0.25) is 0 Å². The number of esters is 2. The Morgan fingerprint density at radius 1 is 0.571 bits per heavy atom. The number of rotatable bonds is 14. The van der Waals surface area contributed by atoms with Crippen molar-refractivity contribution in [3.8, 4) is 22.6 Å². The van der Waals surface area contributed by atoms with Crippen LogP contribution in [0.2, 0.25) is 0 Å². The Hall–Kier alpha value is -5.10. The molecule has 4 rings (SSSR count). The number of hydrogen-bond acceptors (Lipinski definition) is 6. The highest BCUT2D eigenvalue weighted by molar-refractivity contribution is 5.81. The van der Waals surface area contributed by atoms with Gasteiger partial charge >= 0.3 is 11.9 Å². The van der Waals surface area contributed by atoms with E-state index in [0.29, 0.717) is 11.5 Å². The Balaban J connectivity index is 1.58. The van der Waals surface area contributed by atoms with Gasteiger partial charge in [-0.15, -0.1) is 0 Å². The second kappa shape index (κ2) is 14.5. The van der Waals surface area contributed by atoms with E-state index in [4.69, 9.17) is 18.9 Å². The first kappa shape index (κ1) is 29.9. The van der Waals surface area contributed by atoms with Crippen molar-refractivity contribution < 1.29 is 28.5 Å². The minimum Gasteiger partial charge on any atom is -0.490 e. The molecule has 0 aromatic heterocycles. The molecule has 0 aliphatic carbocycles. The smallest absolute Gasteiger partial charge is 0.330 e. The van der Waals surface area contributed by atoms with Crippen LogP contribution in [0, 0.1) is 0 Å². The van der Waals surface area contributed by atoms with E-state index in [1.54, 1.807) is 0 Å². The second-order valence-electron chi connectivity index (χ2n) is 9.56. The van der Waals surface area contributed by atoms with Crippen LogP contribution in [0.5, 0.6) is 11.5 Å². The van der Waals surface area contributed by atoms with E-state index in [2.05, 4.69) is 80.7 Å². The van der Waals surface area contributed by atoms with Crippen molar-refractivity contribution in [3.63, 3.8) is 0 Å². The molecule has 6 heteroatoms. The number of ether oxygens (including phenoxy) is 4. The molecule has 0 atom stereocenters. The van der Waals surface area contributed by atoms with E-state index in [1.165, 1.54) is 0 Å². The third-order valence-electron chi connectivity index (χ3n) is 6.96. The fourth-order valence-electron chi connectivity index (χ4n) is 4.62. The van der Waals surface area contributed by atoms with Crippen molar-refractivity contribution >= 4 is 11.9 Å². The zero-order valence-corrected chi connectivity index (χ0v) is 23.7. The van der Waals surface area contributed by atoms with E-state index in [9.17, 15) is 9.59 Å². The second-order valence-corrected chi connectivity index (χ2v) is 9.56. The van der Waals surface area contributed by atoms with E-state index in [0.717, 1.165) is 40.0 Å². The average molecular weight is 563 g/mol. The molecule has 0 spiro atoms. The van der Waals surface area contributed by atoms with Crippen LogP contribution in [-0.4, -0.2) is 38.4 Å². The molecule has 6 nitrogen and oxygen atoms in total. The minimum absolute atomic E-state index is 0.142. The molecule has 214 valence electrons. The maximum atomic E-state index is 11.2. The van der Waals surface area contributed by atoms with Crippen LogP contribution in [-0.2, 0) is 24.5 Å². The molecule has 0 saturated heterocycles. The maximum absolute atomic E-state index is 11.2. The Bertz CT molecular complexity index is 1400. The highest BCUT2D eigenvalue weighted by Crippen LogP contribution is 2.40. The highest BCUT2D eigenvalue weighted by atomic mass is 16.6. The molecule has 0 radical (unpaired) electrons. The van der Waals surface area contributed by atoms with Crippen LogP contribution < -0.4 is 9.47 Å². The molecule has 0 saturated carbocycles. The molecule has 4 aromatic carbocycles. The summed E-state index contributed by atoms with van der Waals surface area (Å²) in [4.78, 5) is 22.5. The first-order chi connectivity index (χ1) is 20.4. The molecule has 0 bridgehead atoms. The Morgan fingerprint density at radius 2 is 0.952 bits per heavy atom. The Labute approximate surface area is 246 Å². The van der Waals surface area contributed by atoms with Gasteiger partial charge in [-0.25, -0.2) is 9.59 Å². The van der Waals surface area contributed by atoms with Crippen molar-refractivity contribution in [2.45, 2.75) is 12.3 Å². The van der Waals surface area contributed by atoms with Gasteiger partial charge in [0.15, 0.2) is 0 Å². The summed E-state index contributed by atoms with van der Waals surface area (Å²) in [6.45, 7) is 9.74. The molecule has 0 aliphatic rings. The third-order valence-corrected chi connectivity index (χ3v) is 6.96. The van der Waals surface area contributed by atoms with Crippen molar-refractivity contribution in [3.05, 3.63) is 145 Å². The number of carbonyl (C=O) groups is 2. The van der Waals surface area contributed by atoms with Gasteiger partial charge in [0.1, 0.15) is 37.9 Å². The summed E-state index contributed by atoms with van der Waals surface area (Å²) in [6, 6.07) is 34.8. The zero-order valence-electron chi connectivity index (χ0n) is 23.7. The summed E-state index contributed by atoms with van der Waals surface area (Å²) in [5, 5.41) is 0. The molecule has 0 aliphatic heterocycles. The summed E-state index contributed by atoms with van der Waals surface area (Å²) < 4.78 is 21.5. The molecule has 42 heavy (non-hydrogen) atoms. The average Bonchev–Trinajstić information content (AvgIpc) is 3.05. The zero-order chi connectivity index (χ0) is 29.8. The van der Waals surface area contributed by atoms with Gasteiger partial charge in [0, 0.05) is 17.6 Å². The van der Waals surface area contributed by atoms with Crippen molar-refractivity contribution in [2.24, 2.45) is 0 Å². The van der Waals surface area contributed by atoms with Crippen molar-refractivity contribution in [1.29, 1.82) is 0 Å². The predicted molar refractivity (Wildman–Crippen MR) is 164 cm³/mol. The third kappa shape index (κ3) is 7.55. The summed E-state index contributed by atoms with van der Waals surface area (Å²) in [5.74, 6) is 0.401. The topological polar surface area (TPSA) is 71.1 Å². The highest BCUT2D eigenvalue weighted by Gasteiger charge is 2.31. The maximum Gasteiger partial charge on any atom is 0.330 e. The lowest BCUT2D eigenvalue weighted by Gasteiger charge is -2.32. The van der Waals surface area contributed by atoms with E-state index in [1.807, 2.05) is 42.5 Å². The molecule has 0 fully saturated rings. The van der Waals surface area contributed by atoms with Gasteiger partial charge < -0.3 is 18.9 Å². The van der Waals surface area contributed by atoms with Gasteiger partial charge in [-0.1, -0.05) is 92.0 Å². The van der Waals surface area contributed by atoms with Gasteiger partial charge in [0.05, 0.1) is 0 Å². The molecule has 0 heterocycles. The lowest BCUT2D eigenvalue weighted by Crippen LogP contribution is -2.25. The molecule has 4 aromatic rings.